The van der Waals surface area contributed by atoms with E-state index in [1.165, 1.54) is 12.1 Å². The van der Waals surface area contributed by atoms with Gasteiger partial charge in [-0.1, -0.05) is 0 Å². The summed E-state index contributed by atoms with van der Waals surface area (Å²) in [6, 6.07) is 2.71. The lowest BCUT2D eigenvalue weighted by Crippen LogP contribution is -2.27. The summed E-state index contributed by atoms with van der Waals surface area (Å²) in [5, 5.41) is 59.0. The third-order valence-electron chi connectivity index (χ3n) is 4.54. The van der Waals surface area contributed by atoms with Crippen LogP contribution in [0.15, 0.2) is 12.1 Å². The molecule has 2 aliphatic heterocycles. The zero-order valence-electron chi connectivity index (χ0n) is 11.8. The Morgan fingerprint density at radius 1 is 0.652 bits per heavy atom. The van der Waals surface area contributed by atoms with E-state index in [4.69, 9.17) is 4.74 Å². The standard InChI is InChI=1S/C16H14O7/c17-7-1-5-3-9-12-6(2-8(18)14(20)16(12)22)4-10(23-9)11(5)15(21)13(7)19/h1-2,9-10,17-22H,3-4H2. The van der Waals surface area contributed by atoms with Gasteiger partial charge in [-0.05, 0) is 23.3 Å². The van der Waals surface area contributed by atoms with Crippen molar-refractivity contribution in [2.45, 2.75) is 25.0 Å². The monoisotopic (exact) mass is 318 g/mol. The van der Waals surface area contributed by atoms with Crippen molar-refractivity contribution < 1.29 is 35.4 Å². The Balaban J connectivity index is 1.91. The lowest BCUT2D eigenvalue weighted by Gasteiger charge is -2.38. The molecule has 2 aliphatic rings. The fraction of sp³-hybridized carbons (Fsp3) is 0.250. The largest absolute Gasteiger partial charge is 0.504 e. The molecular weight excluding hydrogens is 304 g/mol. The van der Waals surface area contributed by atoms with E-state index in [0.29, 0.717) is 22.3 Å². The second-order valence-electron chi connectivity index (χ2n) is 5.85. The number of phenols is 6. The molecule has 2 unspecified atom stereocenters. The minimum atomic E-state index is -0.604. The van der Waals surface area contributed by atoms with E-state index >= 15 is 0 Å². The molecule has 4 rings (SSSR count). The molecule has 7 nitrogen and oxygen atoms in total. The molecule has 0 amide bonds. The van der Waals surface area contributed by atoms with Gasteiger partial charge in [0.1, 0.15) is 0 Å². The molecule has 7 heteroatoms. The van der Waals surface area contributed by atoms with Crippen molar-refractivity contribution >= 4 is 0 Å². The van der Waals surface area contributed by atoms with Crippen molar-refractivity contribution in [3.63, 3.8) is 0 Å². The molecule has 0 aliphatic carbocycles. The van der Waals surface area contributed by atoms with Crippen LogP contribution >= 0.6 is 0 Å². The predicted octanol–water partition coefficient (Wildman–Crippen LogP) is 1.83. The van der Waals surface area contributed by atoms with Crippen LogP contribution < -0.4 is 0 Å². The summed E-state index contributed by atoms with van der Waals surface area (Å²) in [7, 11) is 0. The molecule has 2 heterocycles. The summed E-state index contributed by atoms with van der Waals surface area (Å²) in [6.07, 6.45) is -0.715. The van der Waals surface area contributed by atoms with Crippen LogP contribution in [0.1, 0.15) is 34.5 Å². The summed E-state index contributed by atoms with van der Waals surface area (Å²) in [5.74, 6) is -2.93. The quantitative estimate of drug-likeness (QED) is 0.409. The van der Waals surface area contributed by atoms with Gasteiger partial charge in [0.2, 0.25) is 11.5 Å². The lowest BCUT2D eigenvalue weighted by atomic mass is 9.81. The van der Waals surface area contributed by atoms with Gasteiger partial charge in [0, 0.05) is 24.0 Å². The third kappa shape index (κ3) is 1.74. The molecule has 0 saturated heterocycles. The Kier molecular flexibility index (Phi) is 2.62. The van der Waals surface area contributed by atoms with Gasteiger partial charge in [0.05, 0.1) is 12.2 Å². The highest BCUT2D eigenvalue weighted by molar-refractivity contribution is 5.63. The molecule has 2 atom stereocenters. The molecule has 2 bridgehead atoms. The average Bonchev–Trinajstić information content (AvgIpc) is 2.50. The van der Waals surface area contributed by atoms with Crippen molar-refractivity contribution in [1.29, 1.82) is 0 Å². The Hall–Kier alpha value is -2.80. The summed E-state index contributed by atoms with van der Waals surface area (Å²) in [6.45, 7) is 0. The van der Waals surface area contributed by atoms with E-state index in [-0.39, 0.29) is 12.8 Å². The van der Waals surface area contributed by atoms with E-state index in [0.717, 1.165) is 0 Å². The number of hydrogen-bond acceptors (Lipinski definition) is 7. The molecule has 0 saturated carbocycles. The first-order valence-electron chi connectivity index (χ1n) is 7.07. The first-order chi connectivity index (χ1) is 10.9. The molecule has 2 aromatic carbocycles. The minimum Gasteiger partial charge on any atom is -0.504 e. The second kappa shape index (κ2) is 4.36. The van der Waals surface area contributed by atoms with Gasteiger partial charge in [0.15, 0.2) is 23.0 Å². The summed E-state index contributed by atoms with van der Waals surface area (Å²) >= 11 is 0. The predicted molar refractivity (Wildman–Crippen MR) is 76.8 cm³/mol. The van der Waals surface area contributed by atoms with E-state index in [1.807, 2.05) is 0 Å². The van der Waals surface area contributed by atoms with Gasteiger partial charge in [0.25, 0.3) is 0 Å². The van der Waals surface area contributed by atoms with Crippen LogP contribution in [0.4, 0.5) is 0 Å². The molecular formula is C16H14O7. The van der Waals surface area contributed by atoms with Gasteiger partial charge >= 0.3 is 0 Å². The number of fused-ring (bicyclic) bond motifs is 6. The van der Waals surface area contributed by atoms with E-state index in [1.54, 1.807) is 0 Å². The van der Waals surface area contributed by atoms with Crippen molar-refractivity contribution in [2.24, 2.45) is 0 Å². The maximum Gasteiger partial charge on any atom is 0.200 e. The Morgan fingerprint density at radius 2 is 1.04 bits per heavy atom. The maximum atomic E-state index is 10.1. The topological polar surface area (TPSA) is 131 Å². The number of ether oxygens (including phenoxy) is 1. The zero-order valence-corrected chi connectivity index (χ0v) is 11.8. The van der Waals surface area contributed by atoms with Crippen LogP contribution in [0.25, 0.3) is 0 Å². The van der Waals surface area contributed by atoms with Gasteiger partial charge in [-0.25, -0.2) is 0 Å². The van der Waals surface area contributed by atoms with E-state index in [2.05, 4.69) is 0 Å². The Morgan fingerprint density at radius 3 is 1.43 bits per heavy atom. The van der Waals surface area contributed by atoms with Crippen LogP contribution in [0, 0.1) is 0 Å². The van der Waals surface area contributed by atoms with Gasteiger partial charge < -0.3 is 35.4 Å². The molecule has 0 aromatic heterocycles. The van der Waals surface area contributed by atoms with Crippen LogP contribution in [0.3, 0.4) is 0 Å². The number of benzene rings is 2. The lowest BCUT2D eigenvalue weighted by molar-refractivity contribution is -0.0419. The first kappa shape index (κ1) is 13.8. The number of rotatable bonds is 0. The van der Waals surface area contributed by atoms with Gasteiger partial charge in [-0.3, -0.25) is 0 Å². The number of hydrogen-bond donors (Lipinski definition) is 6. The molecule has 2 aromatic rings. The highest BCUT2D eigenvalue weighted by atomic mass is 16.5. The van der Waals surface area contributed by atoms with E-state index in [9.17, 15) is 30.6 Å². The van der Waals surface area contributed by atoms with Crippen molar-refractivity contribution in [1.82, 2.24) is 0 Å². The number of aromatic hydroxyl groups is 6. The number of phenolic OH excluding ortho intramolecular Hbond substituents is 6. The fourth-order valence-electron chi connectivity index (χ4n) is 3.51. The molecule has 6 N–H and O–H groups in total. The van der Waals surface area contributed by atoms with Crippen LogP contribution in [-0.2, 0) is 17.6 Å². The van der Waals surface area contributed by atoms with Crippen molar-refractivity contribution in [3.8, 4) is 34.5 Å². The van der Waals surface area contributed by atoms with Crippen LogP contribution in [-0.4, -0.2) is 30.6 Å². The SMILES string of the molecule is Oc1cc2c(c(O)c1O)C1Cc3cc(O)c(O)c(O)c3C(C2)O1. The normalized spacial score (nSPS) is 21.6. The maximum absolute atomic E-state index is 10.1. The highest BCUT2D eigenvalue weighted by Gasteiger charge is 2.40. The molecule has 23 heavy (non-hydrogen) atoms. The summed E-state index contributed by atoms with van der Waals surface area (Å²) in [4.78, 5) is 0. The van der Waals surface area contributed by atoms with Crippen LogP contribution in [0.5, 0.6) is 34.5 Å². The first-order valence-corrected chi connectivity index (χ1v) is 7.07. The van der Waals surface area contributed by atoms with Crippen molar-refractivity contribution in [2.75, 3.05) is 0 Å². The summed E-state index contributed by atoms with van der Waals surface area (Å²) in [5.41, 5.74) is 1.96. The highest BCUT2D eigenvalue weighted by Crippen LogP contribution is 2.55. The van der Waals surface area contributed by atoms with E-state index < -0.39 is 46.7 Å². The Labute approximate surface area is 130 Å². The molecule has 0 spiro atoms. The van der Waals surface area contributed by atoms with Gasteiger partial charge in [-0.2, -0.15) is 0 Å². The summed E-state index contributed by atoms with van der Waals surface area (Å²) < 4.78 is 5.82. The molecule has 120 valence electrons. The second-order valence-corrected chi connectivity index (χ2v) is 5.85. The Bertz CT molecular complexity index is 774. The zero-order chi connectivity index (χ0) is 16.5. The molecule has 0 radical (unpaired) electrons. The average molecular weight is 318 g/mol. The van der Waals surface area contributed by atoms with Gasteiger partial charge in [-0.15, -0.1) is 0 Å². The van der Waals surface area contributed by atoms with Crippen LogP contribution in [0.2, 0.25) is 0 Å². The third-order valence-corrected chi connectivity index (χ3v) is 4.54. The molecule has 0 fully saturated rings. The van der Waals surface area contributed by atoms with Crippen molar-refractivity contribution in [3.05, 3.63) is 34.4 Å². The fourth-order valence-corrected chi connectivity index (χ4v) is 3.51. The smallest absolute Gasteiger partial charge is 0.200 e. The minimum absolute atomic E-state index is 0.234.